The van der Waals surface area contributed by atoms with Crippen molar-refractivity contribution in [1.82, 2.24) is 0 Å². The molecule has 8 heteroatoms. The molecule has 0 bridgehead atoms. The van der Waals surface area contributed by atoms with Gasteiger partial charge in [-0.25, -0.2) is 12.8 Å². The third-order valence-electron chi connectivity index (χ3n) is 2.35. The number of benzene rings is 1. The summed E-state index contributed by atoms with van der Waals surface area (Å²) in [7, 11) is -2.95. The minimum Gasteiger partial charge on any atom is -0.396 e. The van der Waals surface area contributed by atoms with Crippen molar-refractivity contribution < 1.29 is 17.6 Å². The third-order valence-corrected chi connectivity index (χ3v) is 4.54. The number of thioether (sulfide) groups is 1. The molecule has 3 N–H and O–H groups in total. The van der Waals surface area contributed by atoms with Gasteiger partial charge in [0.05, 0.1) is 11.4 Å². The van der Waals surface area contributed by atoms with Crippen LogP contribution in [0.4, 0.5) is 15.8 Å². The standard InChI is InChI=1S/C12H17FN2O3S2/c1-20(17,18)7-6-19-5-4-12(16)15-9-2-3-10(13)11(14)8-9/h2-3,8H,4-7,14H2,1H3,(H,15,16). The van der Waals surface area contributed by atoms with Crippen LogP contribution in [0.5, 0.6) is 0 Å². The number of anilines is 2. The molecule has 1 aromatic rings. The van der Waals surface area contributed by atoms with E-state index < -0.39 is 15.7 Å². The molecule has 0 radical (unpaired) electrons. The average molecular weight is 320 g/mol. The van der Waals surface area contributed by atoms with Crippen LogP contribution in [0.25, 0.3) is 0 Å². The van der Waals surface area contributed by atoms with Crippen molar-refractivity contribution in [3.63, 3.8) is 0 Å². The minimum absolute atomic E-state index is 0.0228. The molecule has 0 atom stereocenters. The van der Waals surface area contributed by atoms with Crippen molar-refractivity contribution in [1.29, 1.82) is 0 Å². The molecular formula is C12H17FN2O3S2. The first kappa shape index (κ1) is 16.8. The Hall–Kier alpha value is -1.28. The van der Waals surface area contributed by atoms with Gasteiger partial charge in [-0.2, -0.15) is 11.8 Å². The topological polar surface area (TPSA) is 89.3 Å². The molecule has 0 saturated carbocycles. The number of halogens is 1. The maximum absolute atomic E-state index is 12.9. The first-order valence-corrected chi connectivity index (χ1v) is 9.10. The van der Waals surface area contributed by atoms with E-state index >= 15 is 0 Å². The number of nitrogen functional groups attached to an aromatic ring is 1. The number of carbonyl (C=O) groups excluding carboxylic acids is 1. The number of nitrogens with two attached hydrogens (primary N) is 1. The van der Waals surface area contributed by atoms with Gasteiger partial charge >= 0.3 is 0 Å². The summed E-state index contributed by atoms with van der Waals surface area (Å²) in [5.41, 5.74) is 5.81. The first-order chi connectivity index (χ1) is 9.28. The number of nitrogens with one attached hydrogen (secondary N) is 1. The molecule has 112 valence electrons. The second-order valence-electron chi connectivity index (χ2n) is 4.28. The van der Waals surface area contributed by atoms with Gasteiger partial charge in [0.25, 0.3) is 0 Å². The fraction of sp³-hybridized carbons (Fsp3) is 0.417. The van der Waals surface area contributed by atoms with E-state index in [4.69, 9.17) is 5.73 Å². The molecule has 5 nitrogen and oxygen atoms in total. The summed E-state index contributed by atoms with van der Waals surface area (Å²) in [5, 5.41) is 2.60. The van der Waals surface area contributed by atoms with E-state index in [0.717, 1.165) is 0 Å². The van der Waals surface area contributed by atoms with Gasteiger partial charge in [-0.05, 0) is 18.2 Å². The van der Waals surface area contributed by atoms with Crippen molar-refractivity contribution in [2.24, 2.45) is 0 Å². The lowest BCUT2D eigenvalue weighted by Gasteiger charge is -2.06. The van der Waals surface area contributed by atoms with Crippen LogP contribution in [0.2, 0.25) is 0 Å². The average Bonchev–Trinajstić information content (AvgIpc) is 2.32. The Balaban J connectivity index is 2.28. The Bertz CT molecular complexity index is 576. The molecule has 0 fully saturated rings. The zero-order chi connectivity index (χ0) is 15.2. The van der Waals surface area contributed by atoms with Crippen molar-refractivity contribution >= 4 is 38.9 Å². The van der Waals surface area contributed by atoms with Crippen LogP contribution >= 0.6 is 11.8 Å². The van der Waals surface area contributed by atoms with Crippen LogP contribution in [0, 0.1) is 5.82 Å². The molecule has 0 heterocycles. The van der Waals surface area contributed by atoms with Gasteiger partial charge in [0.2, 0.25) is 5.91 Å². The van der Waals surface area contributed by atoms with Gasteiger partial charge in [-0.15, -0.1) is 0 Å². The Labute approximate surface area is 122 Å². The predicted octanol–water partition coefficient (Wildman–Crippen LogP) is 1.51. The number of carbonyl (C=O) groups is 1. The highest BCUT2D eigenvalue weighted by molar-refractivity contribution is 8.00. The van der Waals surface area contributed by atoms with Crippen molar-refractivity contribution in [2.75, 3.05) is 34.6 Å². The second kappa shape index (κ2) is 7.49. The molecule has 0 aliphatic rings. The van der Waals surface area contributed by atoms with E-state index in [0.29, 0.717) is 17.2 Å². The fourth-order valence-corrected chi connectivity index (χ4v) is 3.54. The third kappa shape index (κ3) is 6.76. The van der Waals surface area contributed by atoms with Crippen LogP contribution in [0.15, 0.2) is 18.2 Å². The Morgan fingerprint density at radius 1 is 1.40 bits per heavy atom. The zero-order valence-corrected chi connectivity index (χ0v) is 12.7. The lowest BCUT2D eigenvalue weighted by molar-refractivity contribution is -0.115. The Morgan fingerprint density at radius 3 is 2.70 bits per heavy atom. The molecular weight excluding hydrogens is 303 g/mol. The normalized spacial score (nSPS) is 11.3. The largest absolute Gasteiger partial charge is 0.396 e. The maximum Gasteiger partial charge on any atom is 0.225 e. The minimum atomic E-state index is -2.95. The SMILES string of the molecule is CS(=O)(=O)CCSCCC(=O)Nc1ccc(F)c(N)c1. The summed E-state index contributed by atoms with van der Waals surface area (Å²) in [6.07, 6.45) is 1.44. The van der Waals surface area contributed by atoms with Crippen LogP contribution in [-0.4, -0.2) is 37.8 Å². The van der Waals surface area contributed by atoms with Gasteiger partial charge in [0.1, 0.15) is 15.7 Å². The molecule has 20 heavy (non-hydrogen) atoms. The van der Waals surface area contributed by atoms with E-state index in [-0.39, 0.29) is 23.8 Å². The molecule has 0 aliphatic heterocycles. The van der Waals surface area contributed by atoms with E-state index in [1.807, 2.05) is 0 Å². The molecule has 0 saturated heterocycles. The van der Waals surface area contributed by atoms with Crippen molar-refractivity contribution in [3.8, 4) is 0 Å². The summed E-state index contributed by atoms with van der Waals surface area (Å²) in [6.45, 7) is 0. The molecule has 0 aromatic heterocycles. The van der Waals surface area contributed by atoms with E-state index in [1.165, 1.54) is 36.2 Å². The number of rotatable bonds is 7. The van der Waals surface area contributed by atoms with Crippen molar-refractivity contribution in [3.05, 3.63) is 24.0 Å². The van der Waals surface area contributed by atoms with Gasteiger partial charge in [0.15, 0.2) is 0 Å². The summed E-state index contributed by atoms with van der Waals surface area (Å²) < 4.78 is 34.7. The summed E-state index contributed by atoms with van der Waals surface area (Å²) >= 11 is 1.40. The quantitative estimate of drug-likeness (QED) is 0.587. The van der Waals surface area contributed by atoms with E-state index in [2.05, 4.69) is 5.32 Å². The highest BCUT2D eigenvalue weighted by Crippen LogP contribution is 2.16. The lowest BCUT2D eigenvalue weighted by atomic mass is 10.2. The highest BCUT2D eigenvalue weighted by atomic mass is 32.2. The Morgan fingerprint density at radius 2 is 2.10 bits per heavy atom. The van der Waals surface area contributed by atoms with Gasteiger partial charge in [-0.3, -0.25) is 4.79 Å². The maximum atomic E-state index is 12.9. The summed E-state index contributed by atoms with van der Waals surface area (Å²) in [5.74, 6) is 0.351. The lowest BCUT2D eigenvalue weighted by Crippen LogP contribution is -2.13. The van der Waals surface area contributed by atoms with Crippen LogP contribution in [-0.2, 0) is 14.6 Å². The molecule has 0 aliphatic carbocycles. The number of hydrogen-bond acceptors (Lipinski definition) is 5. The Kier molecular flexibility index (Phi) is 6.28. The number of amides is 1. The van der Waals surface area contributed by atoms with Gasteiger partial charge < -0.3 is 11.1 Å². The van der Waals surface area contributed by atoms with E-state index in [9.17, 15) is 17.6 Å². The molecule has 1 aromatic carbocycles. The second-order valence-corrected chi connectivity index (χ2v) is 7.76. The first-order valence-electron chi connectivity index (χ1n) is 5.88. The monoisotopic (exact) mass is 320 g/mol. The van der Waals surface area contributed by atoms with Crippen LogP contribution < -0.4 is 11.1 Å². The predicted molar refractivity (Wildman–Crippen MR) is 81.1 cm³/mol. The van der Waals surface area contributed by atoms with Gasteiger partial charge in [-0.1, -0.05) is 0 Å². The van der Waals surface area contributed by atoms with Crippen LogP contribution in [0.1, 0.15) is 6.42 Å². The number of sulfone groups is 1. The van der Waals surface area contributed by atoms with Gasteiger partial charge in [0, 0.05) is 29.9 Å². The fourth-order valence-electron chi connectivity index (χ4n) is 1.32. The molecule has 1 amide bonds. The molecule has 0 unspecified atom stereocenters. The van der Waals surface area contributed by atoms with Crippen molar-refractivity contribution in [2.45, 2.75) is 6.42 Å². The van der Waals surface area contributed by atoms with E-state index in [1.54, 1.807) is 0 Å². The van der Waals surface area contributed by atoms with Crippen LogP contribution in [0.3, 0.4) is 0 Å². The highest BCUT2D eigenvalue weighted by Gasteiger charge is 2.06. The number of hydrogen-bond donors (Lipinski definition) is 2. The summed E-state index contributed by atoms with van der Waals surface area (Å²) in [4.78, 5) is 11.6. The molecule has 0 spiro atoms. The summed E-state index contributed by atoms with van der Waals surface area (Å²) in [6, 6.07) is 3.97. The zero-order valence-electron chi connectivity index (χ0n) is 11.1. The smallest absolute Gasteiger partial charge is 0.225 e. The molecule has 1 rings (SSSR count).